The van der Waals surface area contributed by atoms with E-state index in [-0.39, 0.29) is 48.3 Å². The zero-order chi connectivity index (χ0) is 21.8. The number of benzene rings is 1. The molecule has 2 aliphatic rings. The SMILES string of the molecule is CC1Cn2nc(-c3ccc(F)c(Cl)c3)c(C(N)=O)c2CN1C(=O)NC1CC(F)(F)C1. The quantitative estimate of drug-likeness (QED) is 0.766. The summed E-state index contributed by atoms with van der Waals surface area (Å²) >= 11 is 5.86. The van der Waals surface area contributed by atoms with Crippen LogP contribution in [-0.4, -0.2) is 44.6 Å². The first-order valence-corrected chi connectivity index (χ1v) is 9.73. The van der Waals surface area contributed by atoms with Crippen LogP contribution in [0.5, 0.6) is 0 Å². The number of nitrogens with two attached hydrogens (primary N) is 1. The van der Waals surface area contributed by atoms with Gasteiger partial charge in [-0.3, -0.25) is 9.48 Å². The van der Waals surface area contributed by atoms with Gasteiger partial charge in [0.1, 0.15) is 11.5 Å². The molecule has 11 heteroatoms. The van der Waals surface area contributed by atoms with Crippen molar-refractivity contribution in [2.75, 3.05) is 0 Å². The standard InChI is InChI=1S/C19H19ClF3N5O2/c1-9-7-28-14(8-27(9)18(30)25-11-5-19(22,23)6-11)15(17(24)29)16(26-28)10-2-3-13(21)12(20)4-10/h2-4,9,11H,5-8H2,1H3,(H2,24,29)(H,25,30). The summed E-state index contributed by atoms with van der Waals surface area (Å²) in [5.41, 5.74) is 6.77. The monoisotopic (exact) mass is 441 g/mol. The van der Waals surface area contributed by atoms with E-state index in [9.17, 15) is 22.8 Å². The largest absolute Gasteiger partial charge is 0.365 e. The Bertz CT molecular complexity index is 1030. The van der Waals surface area contributed by atoms with E-state index in [2.05, 4.69) is 10.4 Å². The number of primary amides is 1. The Balaban J connectivity index is 1.63. The molecule has 3 N–H and O–H groups in total. The normalized spacial score (nSPS) is 20.4. The number of carbonyl (C=O) groups is 2. The number of nitrogens with zero attached hydrogens (tertiary/aromatic N) is 3. The third kappa shape index (κ3) is 3.60. The summed E-state index contributed by atoms with van der Waals surface area (Å²) in [5.74, 6) is -4.10. The van der Waals surface area contributed by atoms with Crippen LogP contribution in [-0.2, 0) is 13.1 Å². The van der Waals surface area contributed by atoms with Gasteiger partial charge in [-0.2, -0.15) is 5.10 Å². The van der Waals surface area contributed by atoms with Crippen molar-refractivity contribution in [2.45, 2.75) is 50.9 Å². The van der Waals surface area contributed by atoms with E-state index in [1.54, 1.807) is 11.6 Å². The van der Waals surface area contributed by atoms with E-state index < -0.39 is 29.7 Å². The van der Waals surface area contributed by atoms with Gasteiger partial charge in [0.15, 0.2) is 0 Å². The Hall–Kier alpha value is -2.75. The molecule has 1 saturated carbocycles. The lowest BCUT2D eigenvalue weighted by molar-refractivity contribution is -0.0905. The molecule has 7 nitrogen and oxygen atoms in total. The number of hydrogen-bond acceptors (Lipinski definition) is 3. The van der Waals surface area contributed by atoms with Crippen LogP contribution in [0.2, 0.25) is 5.02 Å². The van der Waals surface area contributed by atoms with E-state index in [0.29, 0.717) is 11.3 Å². The number of rotatable bonds is 3. The average molecular weight is 442 g/mol. The second kappa shape index (κ2) is 7.19. The smallest absolute Gasteiger partial charge is 0.318 e. The van der Waals surface area contributed by atoms with E-state index in [1.807, 2.05) is 0 Å². The lowest BCUT2D eigenvalue weighted by atomic mass is 9.88. The maximum Gasteiger partial charge on any atom is 0.318 e. The molecule has 1 aromatic carbocycles. The maximum absolute atomic E-state index is 13.5. The maximum atomic E-state index is 13.5. The summed E-state index contributed by atoms with van der Waals surface area (Å²) in [6.07, 6.45) is -0.776. The first kappa shape index (κ1) is 20.5. The molecule has 0 bridgehead atoms. The third-order valence-corrected chi connectivity index (χ3v) is 5.75. The Kier molecular flexibility index (Phi) is 4.92. The number of alkyl halides is 2. The lowest BCUT2D eigenvalue weighted by Crippen LogP contribution is -2.56. The van der Waals surface area contributed by atoms with Crippen LogP contribution in [0, 0.1) is 5.82 Å². The van der Waals surface area contributed by atoms with Crippen molar-refractivity contribution in [1.82, 2.24) is 20.0 Å². The van der Waals surface area contributed by atoms with E-state index in [4.69, 9.17) is 17.3 Å². The Labute approximate surface area is 175 Å². The summed E-state index contributed by atoms with van der Waals surface area (Å²) in [4.78, 5) is 26.3. The molecule has 1 aliphatic heterocycles. The number of amides is 3. The van der Waals surface area contributed by atoms with Gasteiger partial charge >= 0.3 is 6.03 Å². The van der Waals surface area contributed by atoms with Crippen LogP contribution < -0.4 is 11.1 Å². The fourth-order valence-corrected chi connectivity index (χ4v) is 4.05. The molecular formula is C19H19ClF3N5O2. The summed E-state index contributed by atoms with van der Waals surface area (Å²) in [6, 6.07) is 2.58. The van der Waals surface area contributed by atoms with Gasteiger partial charge in [0, 0.05) is 24.4 Å². The van der Waals surface area contributed by atoms with Crippen molar-refractivity contribution in [3.63, 3.8) is 0 Å². The number of hydrogen-bond donors (Lipinski definition) is 2. The van der Waals surface area contributed by atoms with Crippen molar-refractivity contribution < 1.29 is 22.8 Å². The number of carbonyl (C=O) groups excluding carboxylic acids is 2. The molecule has 1 aliphatic carbocycles. The van der Waals surface area contributed by atoms with Gasteiger partial charge in [-0.1, -0.05) is 11.6 Å². The highest BCUT2D eigenvalue weighted by Gasteiger charge is 2.46. The van der Waals surface area contributed by atoms with Crippen molar-refractivity contribution >= 4 is 23.5 Å². The number of urea groups is 1. The number of nitrogens with one attached hydrogen (secondary N) is 1. The van der Waals surface area contributed by atoms with Crippen molar-refractivity contribution in [3.05, 3.63) is 40.3 Å². The van der Waals surface area contributed by atoms with Crippen molar-refractivity contribution in [1.29, 1.82) is 0 Å². The predicted molar refractivity (Wildman–Crippen MR) is 103 cm³/mol. The predicted octanol–water partition coefficient (Wildman–Crippen LogP) is 3.15. The molecule has 2 heterocycles. The topological polar surface area (TPSA) is 93.2 Å². The summed E-state index contributed by atoms with van der Waals surface area (Å²) in [6.45, 7) is 2.09. The summed E-state index contributed by atoms with van der Waals surface area (Å²) in [7, 11) is 0. The molecule has 0 spiro atoms. The molecule has 1 aromatic heterocycles. The van der Waals surface area contributed by atoms with Gasteiger partial charge in [0.2, 0.25) is 0 Å². The van der Waals surface area contributed by atoms with E-state index >= 15 is 0 Å². The summed E-state index contributed by atoms with van der Waals surface area (Å²) in [5, 5.41) is 6.92. The van der Waals surface area contributed by atoms with Gasteiger partial charge < -0.3 is 16.0 Å². The summed E-state index contributed by atoms with van der Waals surface area (Å²) < 4.78 is 41.2. The Morgan fingerprint density at radius 2 is 2.03 bits per heavy atom. The lowest BCUT2D eigenvalue weighted by Gasteiger charge is -2.39. The molecule has 1 fully saturated rings. The second-order valence-electron chi connectivity index (χ2n) is 7.73. The first-order valence-electron chi connectivity index (χ1n) is 9.35. The Morgan fingerprint density at radius 3 is 2.63 bits per heavy atom. The van der Waals surface area contributed by atoms with E-state index in [1.165, 1.54) is 17.0 Å². The average Bonchev–Trinajstić information content (AvgIpc) is 3.00. The zero-order valence-electron chi connectivity index (χ0n) is 16.0. The molecule has 2 aromatic rings. The van der Waals surface area contributed by atoms with Crippen LogP contribution in [0.25, 0.3) is 11.3 Å². The minimum atomic E-state index is -2.74. The van der Waals surface area contributed by atoms with Crippen LogP contribution in [0.4, 0.5) is 18.0 Å². The van der Waals surface area contributed by atoms with Gasteiger partial charge in [-0.25, -0.2) is 18.0 Å². The molecule has 0 saturated heterocycles. The van der Waals surface area contributed by atoms with Crippen molar-refractivity contribution in [3.8, 4) is 11.3 Å². The molecule has 0 radical (unpaired) electrons. The zero-order valence-corrected chi connectivity index (χ0v) is 16.7. The Morgan fingerprint density at radius 1 is 1.33 bits per heavy atom. The van der Waals surface area contributed by atoms with Gasteiger partial charge in [-0.05, 0) is 25.1 Å². The molecular weight excluding hydrogens is 423 g/mol. The van der Waals surface area contributed by atoms with Crippen molar-refractivity contribution in [2.24, 2.45) is 5.73 Å². The highest BCUT2D eigenvalue weighted by atomic mass is 35.5. The minimum absolute atomic E-state index is 0.0241. The van der Waals surface area contributed by atoms with Crippen LogP contribution in [0.15, 0.2) is 18.2 Å². The molecule has 1 unspecified atom stereocenters. The molecule has 3 amide bonds. The highest BCUT2D eigenvalue weighted by molar-refractivity contribution is 6.31. The molecule has 4 rings (SSSR count). The minimum Gasteiger partial charge on any atom is -0.365 e. The van der Waals surface area contributed by atoms with Gasteiger partial charge in [0.05, 0.1) is 35.4 Å². The molecule has 30 heavy (non-hydrogen) atoms. The van der Waals surface area contributed by atoms with E-state index in [0.717, 1.165) is 6.07 Å². The third-order valence-electron chi connectivity index (χ3n) is 5.46. The number of fused-ring (bicyclic) bond motifs is 1. The molecule has 160 valence electrons. The van der Waals surface area contributed by atoms with Crippen LogP contribution in [0.1, 0.15) is 35.8 Å². The first-order chi connectivity index (χ1) is 14.1. The van der Waals surface area contributed by atoms with Gasteiger partial charge in [-0.15, -0.1) is 0 Å². The van der Waals surface area contributed by atoms with Gasteiger partial charge in [0.25, 0.3) is 11.8 Å². The fraction of sp³-hybridized carbons (Fsp3) is 0.421. The number of aromatic nitrogens is 2. The molecule has 1 atom stereocenters. The van der Waals surface area contributed by atoms with Crippen LogP contribution >= 0.6 is 11.6 Å². The fourth-order valence-electron chi connectivity index (χ4n) is 3.87. The second-order valence-corrected chi connectivity index (χ2v) is 8.14. The number of halogens is 4. The van der Waals surface area contributed by atoms with Crippen LogP contribution in [0.3, 0.4) is 0 Å². The highest BCUT2D eigenvalue weighted by Crippen LogP contribution is 2.38.